The van der Waals surface area contributed by atoms with Gasteiger partial charge in [0.2, 0.25) is 11.9 Å². The molecule has 2 aliphatic rings. The molecule has 1 aromatic heterocycles. The monoisotopic (exact) mass is 363 g/mol. The molecule has 8 nitrogen and oxygen atoms in total. The summed E-state index contributed by atoms with van der Waals surface area (Å²) < 4.78 is 5.46. The van der Waals surface area contributed by atoms with Crippen molar-refractivity contribution in [1.29, 1.82) is 0 Å². The van der Waals surface area contributed by atoms with Gasteiger partial charge in [0.1, 0.15) is 0 Å². The van der Waals surface area contributed by atoms with Crippen LogP contribution in [0.4, 0.5) is 5.95 Å². The molecule has 144 valence electrons. The maximum absolute atomic E-state index is 12.7. The van der Waals surface area contributed by atoms with Crippen LogP contribution in [0.5, 0.6) is 0 Å². The Hall–Kier alpha value is -1.93. The van der Waals surface area contributed by atoms with E-state index in [2.05, 4.69) is 14.9 Å². The van der Waals surface area contributed by atoms with E-state index in [0.29, 0.717) is 19.1 Å². The van der Waals surface area contributed by atoms with Crippen LogP contribution in [0, 0.1) is 5.92 Å². The number of aromatic amines is 1. The quantitative estimate of drug-likeness (QED) is 0.810. The molecular formula is C18H29N5O3. The number of likely N-dealkylation sites (tertiary alicyclic amines) is 1. The summed E-state index contributed by atoms with van der Waals surface area (Å²) in [6.07, 6.45) is 2.84. The van der Waals surface area contributed by atoms with Crippen LogP contribution >= 0.6 is 0 Å². The largest absolute Gasteiger partial charge is 0.381 e. The molecule has 3 rings (SSSR count). The number of ether oxygens (including phenoxy) is 1. The second kappa shape index (κ2) is 8.18. The topological polar surface area (TPSA) is 81.8 Å². The number of rotatable bonds is 5. The van der Waals surface area contributed by atoms with Crippen molar-refractivity contribution < 1.29 is 9.53 Å². The Kier molecular flexibility index (Phi) is 5.93. The van der Waals surface area contributed by atoms with Gasteiger partial charge in [-0.05, 0) is 26.3 Å². The molecule has 0 spiro atoms. The number of nitrogens with zero attached hydrogens (tertiary/aromatic N) is 4. The van der Waals surface area contributed by atoms with E-state index >= 15 is 0 Å². The lowest BCUT2D eigenvalue weighted by atomic mass is 10.0. The summed E-state index contributed by atoms with van der Waals surface area (Å²) >= 11 is 0. The van der Waals surface area contributed by atoms with Gasteiger partial charge in [0.15, 0.2) is 0 Å². The Morgan fingerprint density at radius 1 is 1.38 bits per heavy atom. The molecule has 26 heavy (non-hydrogen) atoms. The van der Waals surface area contributed by atoms with Crippen LogP contribution < -0.4 is 10.5 Å². The number of aromatic nitrogens is 2. The third kappa shape index (κ3) is 4.42. The third-order valence-electron chi connectivity index (χ3n) is 5.23. The first-order valence-electron chi connectivity index (χ1n) is 9.28. The molecule has 0 radical (unpaired) electrons. The Morgan fingerprint density at radius 3 is 2.88 bits per heavy atom. The lowest BCUT2D eigenvalue weighted by Gasteiger charge is -2.28. The average Bonchev–Trinajstić information content (AvgIpc) is 3.11. The molecule has 3 heterocycles. The van der Waals surface area contributed by atoms with Crippen molar-refractivity contribution in [3.8, 4) is 0 Å². The molecule has 2 fully saturated rings. The Morgan fingerprint density at radius 2 is 2.19 bits per heavy atom. The minimum Gasteiger partial charge on any atom is -0.381 e. The van der Waals surface area contributed by atoms with Crippen molar-refractivity contribution in [1.82, 2.24) is 19.8 Å². The highest BCUT2D eigenvalue weighted by molar-refractivity contribution is 5.79. The number of nitrogens with one attached hydrogen (secondary N) is 1. The summed E-state index contributed by atoms with van der Waals surface area (Å²) in [5, 5.41) is 0. The summed E-state index contributed by atoms with van der Waals surface area (Å²) in [4.78, 5) is 37.7. The molecule has 0 aromatic carbocycles. The zero-order valence-electron chi connectivity index (χ0n) is 15.9. The van der Waals surface area contributed by atoms with E-state index in [1.165, 1.54) is 0 Å². The molecular weight excluding hydrogens is 334 g/mol. The van der Waals surface area contributed by atoms with E-state index in [1.807, 2.05) is 26.0 Å². The van der Waals surface area contributed by atoms with Crippen molar-refractivity contribution in [3.63, 3.8) is 0 Å². The molecule has 0 aliphatic carbocycles. The standard InChI is InChI=1S/C18H29N5O3/c1-21(2)18-19-14(9-16(24)20-18)10-22(3)15-6-7-23(11-15)17(25)13-5-4-8-26-12-13/h9,13,15H,4-8,10-12H2,1-3H3,(H,19,20,24)/t13-,15-/m0/s1. The van der Waals surface area contributed by atoms with E-state index in [4.69, 9.17) is 4.74 Å². The van der Waals surface area contributed by atoms with Crippen LogP contribution in [0.15, 0.2) is 10.9 Å². The zero-order valence-corrected chi connectivity index (χ0v) is 15.9. The SMILES string of the molecule is CN(C)c1nc(CN(C)[C@H]2CCN(C(=O)[C@H]3CCCOC3)C2)cc(=O)[nH]1. The van der Waals surface area contributed by atoms with Gasteiger partial charge in [-0.1, -0.05) is 0 Å². The molecule has 1 amide bonds. The predicted molar refractivity (Wildman–Crippen MR) is 99.2 cm³/mol. The maximum Gasteiger partial charge on any atom is 0.252 e. The third-order valence-corrected chi connectivity index (χ3v) is 5.23. The second-order valence-electron chi connectivity index (χ2n) is 7.51. The van der Waals surface area contributed by atoms with Crippen molar-refractivity contribution >= 4 is 11.9 Å². The maximum atomic E-state index is 12.7. The first-order chi connectivity index (χ1) is 12.4. The van der Waals surface area contributed by atoms with Crippen molar-refractivity contribution in [2.75, 3.05) is 52.3 Å². The van der Waals surface area contributed by atoms with Crippen molar-refractivity contribution in [3.05, 3.63) is 22.1 Å². The highest BCUT2D eigenvalue weighted by Gasteiger charge is 2.33. The van der Waals surface area contributed by atoms with Crippen molar-refractivity contribution in [2.45, 2.75) is 31.8 Å². The smallest absolute Gasteiger partial charge is 0.252 e. The molecule has 2 saturated heterocycles. The summed E-state index contributed by atoms with van der Waals surface area (Å²) in [5.74, 6) is 0.802. The summed E-state index contributed by atoms with van der Waals surface area (Å²) in [6, 6.07) is 1.83. The van der Waals surface area contributed by atoms with E-state index in [0.717, 1.165) is 44.7 Å². The highest BCUT2D eigenvalue weighted by Crippen LogP contribution is 2.22. The van der Waals surface area contributed by atoms with E-state index in [-0.39, 0.29) is 23.4 Å². The van der Waals surface area contributed by atoms with Gasteiger partial charge in [-0.15, -0.1) is 0 Å². The van der Waals surface area contributed by atoms with Gasteiger partial charge < -0.3 is 14.5 Å². The number of carbonyl (C=O) groups is 1. The molecule has 1 aromatic rings. The molecule has 2 aliphatic heterocycles. The van der Waals surface area contributed by atoms with Gasteiger partial charge in [0.25, 0.3) is 5.56 Å². The first-order valence-corrected chi connectivity index (χ1v) is 9.28. The first kappa shape index (κ1) is 18.8. The number of anilines is 1. The van der Waals surface area contributed by atoms with Crippen LogP contribution in [-0.2, 0) is 16.1 Å². The lowest BCUT2D eigenvalue weighted by Crippen LogP contribution is -2.41. The summed E-state index contributed by atoms with van der Waals surface area (Å²) in [7, 11) is 5.73. The van der Waals surface area contributed by atoms with Crippen LogP contribution in [0.2, 0.25) is 0 Å². The molecule has 8 heteroatoms. The number of likely N-dealkylation sites (N-methyl/N-ethyl adjacent to an activating group) is 1. The van der Waals surface area contributed by atoms with Crippen molar-refractivity contribution in [2.24, 2.45) is 5.92 Å². The van der Waals surface area contributed by atoms with Crippen LogP contribution in [0.25, 0.3) is 0 Å². The predicted octanol–water partition coefficient (Wildman–Crippen LogP) is 0.295. The number of hydrogen-bond donors (Lipinski definition) is 1. The summed E-state index contributed by atoms with van der Waals surface area (Å²) in [5.41, 5.74) is 0.595. The molecule has 0 bridgehead atoms. The number of carbonyl (C=O) groups excluding carboxylic acids is 1. The number of hydrogen-bond acceptors (Lipinski definition) is 6. The van der Waals surface area contributed by atoms with Crippen LogP contribution in [-0.4, -0.2) is 79.2 Å². The average molecular weight is 363 g/mol. The van der Waals surface area contributed by atoms with E-state index in [1.54, 1.807) is 11.0 Å². The Balaban J connectivity index is 1.58. The van der Waals surface area contributed by atoms with Gasteiger partial charge in [-0.3, -0.25) is 19.5 Å². The molecule has 2 atom stereocenters. The van der Waals surface area contributed by atoms with Gasteiger partial charge in [-0.2, -0.15) is 0 Å². The Labute approximate surface area is 154 Å². The minimum atomic E-state index is -0.146. The molecule has 0 unspecified atom stereocenters. The van der Waals surface area contributed by atoms with Gasteiger partial charge in [0, 0.05) is 52.4 Å². The summed E-state index contributed by atoms with van der Waals surface area (Å²) in [6.45, 7) is 3.43. The second-order valence-corrected chi connectivity index (χ2v) is 7.51. The lowest BCUT2D eigenvalue weighted by molar-refractivity contribution is -0.138. The Bertz CT molecular complexity index is 684. The highest BCUT2D eigenvalue weighted by atomic mass is 16.5. The normalized spacial score (nSPS) is 23.5. The van der Waals surface area contributed by atoms with Crippen LogP contribution in [0.3, 0.4) is 0 Å². The van der Waals surface area contributed by atoms with E-state index < -0.39 is 0 Å². The number of H-pyrrole nitrogens is 1. The fraction of sp³-hybridized carbons (Fsp3) is 0.722. The molecule has 0 saturated carbocycles. The minimum absolute atomic E-state index is 0.0183. The van der Waals surface area contributed by atoms with Gasteiger partial charge in [0.05, 0.1) is 18.2 Å². The fourth-order valence-electron chi connectivity index (χ4n) is 3.67. The molecule has 1 N–H and O–H groups in total. The zero-order chi connectivity index (χ0) is 18.7. The fourth-order valence-corrected chi connectivity index (χ4v) is 3.67. The van der Waals surface area contributed by atoms with Gasteiger partial charge in [-0.25, -0.2) is 4.98 Å². The van der Waals surface area contributed by atoms with Crippen LogP contribution in [0.1, 0.15) is 25.0 Å². The van der Waals surface area contributed by atoms with Gasteiger partial charge >= 0.3 is 0 Å². The number of amides is 1. The van der Waals surface area contributed by atoms with E-state index in [9.17, 15) is 9.59 Å².